The highest BCUT2D eigenvalue weighted by molar-refractivity contribution is 7.99. The second kappa shape index (κ2) is 11.9. The Morgan fingerprint density at radius 1 is 0.784 bits per heavy atom. The number of benzene rings is 3. The lowest BCUT2D eigenvalue weighted by Gasteiger charge is -2.43. The predicted octanol–water partition coefficient (Wildman–Crippen LogP) is 5.00. The summed E-state index contributed by atoms with van der Waals surface area (Å²) in [5, 5.41) is 22.5. The zero-order valence-corrected chi connectivity index (χ0v) is 21.2. The van der Waals surface area contributed by atoms with Gasteiger partial charge in [-0.2, -0.15) is 4.73 Å². The number of rotatable bonds is 8. The van der Waals surface area contributed by atoms with Crippen molar-refractivity contribution in [3.63, 3.8) is 0 Å². The minimum absolute atomic E-state index is 0.0152. The first kappa shape index (κ1) is 25.4. The summed E-state index contributed by atoms with van der Waals surface area (Å²) in [6, 6.07) is 31.5. The number of nitrogens with zero attached hydrogens (tertiary/aromatic N) is 1. The third kappa shape index (κ3) is 5.87. The van der Waals surface area contributed by atoms with Crippen molar-refractivity contribution in [2.24, 2.45) is 5.73 Å². The van der Waals surface area contributed by atoms with E-state index in [1.165, 1.54) is 18.0 Å². The summed E-state index contributed by atoms with van der Waals surface area (Å²) in [5.74, 6) is 0.453. The van der Waals surface area contributed by atoms with Crippen molar-refractivity contribution in [1.82, 2.24) is 0 Å². The second-order valence-electron chi connectivity index (χ2n) is 9.02. The van der Waals surface area contributed by atoms with E-state index < -0.39 is 6.29 Å². The van der Waals surface area contributed by atoms with Crippen molar-refractivity contribution in [1.29, 1.82) is 0 Å². The van der Waals surface area contributed by atoms with Crippen LogP contribution in [0.25, 0.3) is 0 Å². The molecule has 4 aromatic rings. The molecule has 0 aliphatic carbocycles. The number of pyridine rings is 1. The first-order valence-electron chi connectivity index (χ1n) is 12.3. The van der Waals surface area contributed by atoms with Gasteiger partial charge in [-0.05, 0) is 28.3 Å². The van der Waals surface area contributed by atoms with Gasteiger partial charge >= 0.3 is 0 Å². The van der Waals surface area contributed by atoms with E-state index >= 15 is 0 Å². The van der Waals surface area contributed by atoms with Crippen LogP contribution in [0.1, 0.15) is 46.1 Å². The third-order valence-electron chi connectivity index (χ3n) is 6.64. The van der Waals surface area contributed by atoms with Gasteiger partial charge in [0.15, 0.2) is 12.5 Å². The Hall–Kier alpha value is -3.20. The summed E-state index contributed by atoms with van der Waals surface area (Å²) in [4.78, 5) is 0. The van der Waals surface area contributed by atoms with Crippen LogP contribution in [-0.4, -0.2) is 17.0 Å². The fourth-order valence-electron chi connectivity index (χ4n) is 4.65. The fraction of sp³-hybridized carbons (Fsp3) is 0.233. The van der Waals surface area contributed by atoms with Gasteiger partial charge in [0.05, 0.1) is 18.8 Å². The van der Waals surface area contributed by atoms with E-state index in [0.717, 1.165) is 32.5 Å². The van der Waals surface area contributed by atoms with Gasteiger partial charge < -0.3 is 25.5 Å². The molecule has 1 aliphatic heterocycles. The van der Waals surface area contributed by atoms with Crippen molar-refractivity contribution < 1.29 is 19.3 Å². The maximum Gasteiger partial charge on any atom is 0.251 e. The molecule has 1 aliphatic rings. The molecule has 4 unspecified atom stereocenters. The molecule has 0 radical (unpaired) electrons. The second-order valence-corrected chi connectivity index (χ2v) is 10.1. The summed E-state index contributed by atoms with van der Waals surface area (Å²) in [7, 11) is 0. The van der Waals surface area contributed by atoms with E-state index in [1.807, 2.05) is 78.9 Å². The molecule has 190 valence electrons. The van der Waals surface area contributed by atoms with Crippen molar-refractivity contribution >= 4 is 11.8 Å². The number of hydrogen-bond acceptors (Lipinski definition) is 6. The van der Waals surface area contributed by atoms with E-state index in [0.29, 0.717) is 17.3 Å². The number of nitrogens with two attached hydrogens (primary N) is 1. The van der Waals surface area contributed by atoms with Gasteiger partial charge in [-0.25, -0.2) is 0 Å². The summed E-state index contributed by atoms with van der Waals surface area (Å²) < 4.78 is 14.2. The van der Waals surface area contributed by atoms with Crippen molar-refractivity contribution in [2.45, 2.75) is 42.6 Å². The van der Waals surface area contributed by atoms with Gasteiger partial charge in [-0.1, -0.05) is 90.6 Å². The van der Waals surface area contributed by atoms with Crippen LogP contribution in [0, 0.1) is 5.21 Å². The molecule has 0 bridgehead atoms. The lowest BCUT2D eigenvalue weighted by Crippen LogP contribution is -2.39. The average molecular weight is 515 g/mol. The Morgan fingerprint density at radius 3 is 2.14 bits per heavy atom. The van der Waals surface area contributed by atoms with Crippen LogP contribution in [0.15, 0.2) is 108 Å². The van der Waals surface area contributed by atoms with Gasteiger partial charge in [0.1, 0.15) is 0 Å². The Bertz CT molecular complexity index is 1290. The first-order chi connectivity index (χ1) is 18.2. The molecule has 0 amide bonds. The lowest BCUT2D eigenvalue weighted by molar-refractivity contribution is -0.645. The van der Waals surface area contributed by atoms with E-state index in [2.05, 4.69) is 12.1 Å². The van der Waals surface area contributed by atoms with Gasteiger partial charge in [0.2, 0.25) is 0 Å². The number of hydrogen-bond donors (Lipinski definition) is 2. The molecule has 1 aromatic heterocycles. The van der Waals surface area contributed by atoms with Crippen LogP contribution in [0.2, 0.25) is 0 Å². The number of aliphatic hydroxyl groups excluding tert-OH is 1. The molecular formula is C30H30N2O4S. The van der Waals surface area contributed by atoms with E-state index in [-0.39, 0.29) is 24.7 Å². The number of aromatic nitrogens is 1. The molecule has 3 aromatic carbocycles. The molecule has 1 fully saturated rings. The minimum atomic E-state index is -0.588. The maximum absolute atomic E-state index is 12.3. The summed E-state index contributed by atoms with van der Waals surface area (Å²) in [6.07, 6.45) is 0.372. The van der Waals surface area contributed by atoms with Crippen molar-refractivity contribution in [3.8, 4) is 0 Å². The highest BCUT2D eigenvalue weighted by atomic mass is 32.2. The SMILES string of the molecule is NCc1ccc(C2OC(CSc3cccc[n+]3[O-])C(c3ccccc3)C(c3ccc(CO)cc3)O2)cc1. The zero-order chi connectivity index (χ0) is 25.6. The first-order valence-corrected chi connectivity index (χ1v) is 13.3. The molecule has 0 spiro atoms. The quantitative estimate of drug-likeness (QED) is 0.195. The van der Waals surface area contributed by atoms with E-state index in [1.54, 1.807) is 6.07 Å². The summed E-state index contributed by atoms with van der Waals surface area (Å²) in [6.45, 7) is 0.451. The van der Waals surface area contributed by atoms with Crippen LogP contribution in [0.4, 0.5) is 0 Å². The van der Waals surface area contributed by atoms with E-state index in [9.17, 15) is 10.3 Å². The number of thioether (sulfide) groups is 1. The Labute approximate surface area is 221 Å². The van der Waals surface area contributed by atoms with Crippen molar-refractivity contribution in [2.75, 3.05) is 5.75 Å². The van der Waals surface area contributed by atoms with Crippen LogP contribution in [0.3, 0.4) is 0 Å². The molecule has 1 saturated heterocycles. The van der Waals surface area contributed by atoms with E-state index in [4.69, 9.17) is 15.2 Å². The molecule has 4 atom stereocenters. The highest BCUT2D eigenvalue weighted by Crippen LogP contribution is 2.47. The van der Waals surface area contributed by atoms with Gasteiger partial charge in [-0.15, -0.1) is 0 Å². The molecule has 5 rings (SSSR count). The normalized spacial score (nSPS) is 21.6. The molecule has 37 heavy (non-hydrogen) atoms. The third-order valence-corrected chi connectivity index (χ3v) is 7.75. The van der Waals surface area contributed by atoms with Crippen molar-refractivity contribution in [3.05, 3.63) is 136 Å². The monoisotopic (exact) mass is 514 g/mol. The minimum Gasteiger partial charge on any atom is -0.618 e. The number of ether oxygens (including phenoxy) is 2. The maximum atomic E-state index is 12.3. The highest BCUT2D eigenvalue weighted by Gasteiger charge is 2.42. The molecule has 3 N–H and O–H groups in total. The standard InChI is InChI=1S/C30H30N2O4S/c31-18-21-9-15-25(16-10-21)30-35-26(20-37-27-8-4-5-17-32(27)34)28(23-6-2-1-3-7-23)29(36-30)24-13-11-22(19-33)12-14-24/h1-17,26,28-30,33H,18-20,31H2. The average Bonchev–Trinajstić information content (AvgIpc) is 2.97. The molecule has 0 saturated carbocycles. The predicted molar refractivity (Wildman–Crippen MR) is 143 cm³/mol. The molecule has 2 heterocycles. The largest absolute Gasteiger partial charge is 0.618 e. The molecular weight excluding hydrogens is 484 g/mol. The summed E-state index contributed by atoms with van der Waals surface area (Å²) in [5.41, 5.74) is 10.7. The molecule has 6 nitrogen and oxygen atoms in total. The smallest absolute Gasteiger partial charge is 0.251 e. The Balaban J connectivity index is 1.53. The van der Waals surface area contributed by atoms with Crippen LogP contribution < -0.4 is 10.5 Å². The topological polar surface area (TPSA) is 91.7 Å². The van der Waals surface area contributed by atoms with Gasteiger partial charge in [-0.3, -0.25) is 0 Å². The zero-order valence-electron chi connectivity index (χ0n) is 20.4. The van der Waals surface area contributed by atoms with Crippen LogP contribution in [-0.2, 0) is 22.6 Å². The van der Waals surface area contributed by atoms with Crippen LogP contribution in [0.5, 0.6) is 0 Å². The fourth-order valence-corrected chi connectivity index (χ4v) is 5.64. The lowest BCUT2D eigenvalue weighted by atomic mass is 9.84. The Morgan fingerprint density at radius 2 is 1.46 bits per heavy atom. The number of aliphatic hydroxyl groups is 1. The van der Waals surface area contributed by atoms with Gasteiger partial charge in [0.25, 0.3) is 5.03 Å². The van der Waals surface area contributed by atoms with Gasteiger partial charge in [0, 0.05) is 35.9 Å². The molecule has 7 heteroatoms. The summed E-state index contributed by atoms with van der Waals surface area (Å²) >= 11 is 1.48. The van der Waals surface area contributed by atoms with Crippen LogP contribution >= 0.6 is 11.8 Å². The Kier molecular flexibility index (Phi) is 8.18.